The van der Waals surface area contributed by atoms with Gasteiger partial charge in [0.2, 0.25) is 5.91 Å². The summed E-state index contributed by atoms with van der Waals surface area (Å²) in [7, 11) is 0. The van der Waals surface area contributed by atoms with Gasteiger partial charge in [-0.15, -0.1) is 0 Å². The molecule has 1 atom stereocenters. The van der Waals surface area contributed by atoms with E-state index in [1.54, 1.807) is 29.3 Å². The fourth-order valence-corrected chi connectivity index (χ4v) is 3.85. The maximum Gasteiger partial charge on any atom is 0.289 e. The number of piperidine rings is 1. The number of pyridine rings is 1. The molecule has 3 aromatic rings. The first-order valence-corrected chi connectivity index (χ1v) is 10.3. The second-order valence-corrected chi connectivity index (χ2v) is 7.80. The minimum atomic E-state index is -0.290. The van der Waals surface area contributed by atoms with Crippen LogP contribution in [-0.2, 0) is 4.79 Å². The third kappa shape index (κ3) is 4.24. The SMILES string of the molecule is Cc1cccnc1NC(=O)[C@H]1CCCN(C(=O)c2ccc(-c3ccccc3Cl)o2)C1. The number of anilines is 1. The van der Waals surface area contributed by atoms with Gasteiger partial charge in [-0.05, 0) is 55.7 Å². The molecule has 1 fully saturated rings. The normalized spacial score (nSPS) is 16.3. The van der Waals surface area contributed by atoms with Crippen molar-refractivity contribution in [3.63, 3.8) is 0 Å². The molecule has 30 heavy (non-hydrogen) atoms. The average Bonchev–Trinajstić information content (AvgIpc) is 3.25. The first-order valence-electron chi connectivity index (χ1n) is 9.89. The van der Waals surface area contributed by atoms with Crippen molar-refractivity contribution < 1.29 is 14.0 Å². The maximum atomic E-state index is 13.0. The maximum absolute atomic E-state index is 13.0. The number of likely N-dealkylation sites (tertiary alicyclic amines) is 1. The van der Waals surface area contributed by atoms with E-state index in [0.717, 1.165) is 24.0 Å². The minimum Gasteiger partial charge on any atom is -0.451 e. The van der Waals surface area contributed by atoms with E-state index >= 15 is 0 Å². The molecular formula is C23H22ClN3O3. The standard InChI is InChI=1S/C23H22ClN3O3/c1-15-6-4-12-25-21(15)26-22(28)16-7-5-13-27(14-16)23(29)20-11-10-19(30-20)17-8-2-3-9-18(17)24/h2-4,6,8-12,16H,5,7,13-14H2,1H3,(H,25,26,28)/t16-/m0/s1. The highest BCUT2D eigenvalue weighted by atomic mass is 35.5. The fraction of sp³-hybridized carbons (Fsp3) is 0.261. The number of carbonyl (C=O) groups is 2. The summed E-state index contributed by atoms with van der Waals surface area (Å²) in [6.45, 7) is 2.83. The molecule has 0 aliphatic carbocycles. The van der Waals surface area contributed by atoms with E-state index in [1.165, 1.54) is 0 Å². The number of rotatable bonds is 4. The second-order valence-electron chi connectivity index (χ2n) is 7.39. The Kier molecular flexibility index (Phi) is 5.86. The van der Waals surface area contributed by atoms with Crippen molar-refractivity contribution in [1.82, 2.24) is 9.88 Å². The van der Waals surface area contributed by atoms with E-state index in [4.69, 9.17) is 16.0 Å². The topological polar surface area (TPSA) is 75.4 Å². The number of hydrogen-bond donors (Lipinski definition) is 1. The Balaban J connectivity index is 1.44. The number of furan rings is 1. The van der Waals surface area contributed by atoms with Gasteiger partial charge in [0.25, 0.3) is 5.91 Å². The number of aryl methyl sites for hydroxylation is 1. The number of halogens is 1. The van der Waals surface area contributed by atoms with Crippen molar-refractivity contribution in [3.05, 3.63) is 71.1 Å². The Morgan fingerprint density at radius 3 is 2.80 bits per heavy atom. The van der Waals surface area contributed by atoms with Crippen LogP contribution >= 0.6 is 11.6 Å². The van der Waals surface area contributed by atoms with E-state index in [-0.39, 0.29) is 23.5 Å². The smallest absolute Gasteiger partial charge is 0.289 e. The summed E-state index contributed by atoms with van der Waals surface area (Å²) < 4.78 is 5.79. The molecule has 4 rings (SSSR count). The van der Waals surface area contributed by atoms with Crippen molar-refractivity contribution in [1.29, 1.82) is 0 Å². The van der Waals surface area contributed by atoms with Crippen LogP contribution in [0.4, 0.5) is 5.82 Å². The summed E-state index contributed by atoms with van der Waals surface area (Å²) >= 11 is 6.22. The summed E-state index contributed by atoms with van der Waals surface area (Å²) in [6, 6.07) is 14.4. The first kappa shape index (κ1) is 20.2. The molecule has 1 aliphatic rings. The molecular weight excluding hydrogens is 402 g/mol. The van der Waals surface area contributed by atoms with Gasteiger partial charge in [-0.3, -0.25) is 9.59 Å². The molecule has 1 N–H and O–H groups in total. The molecule has 6 nitrogen and oxygen atoms in total. The van der Waals surface area contributed by atoms with Crippen LogP contribution in [0.25, 0.3) is 11.3 Å². The number of nitrogens with one attached hydrogen (secondary N) is 1. The highest BCUT2D eigenvalue weighted by Gasteiger charge is 2.30. The van der Waals surface area contributed by atoms with Gasteiger partial charge in [-0.2, -0.15) is 0 Å². The molecule has 154 valence electrons. The van der Waals surface area contributed by atoms with Crippen LogP contribution in [0.3, 0.4) is 0 Å². The lowest BCUT2D eigenvalue weighted by Crippen LogP contribution is -2.43. The van der Waals surface area contributed by atoms with Crippen LogP contribution in [0.15, 0.2) is 59.1 Å². The van der Waals surface area contributed by atoms with Gasteiger partial charge in [0.05, 0.1) is 10.9 Å². The molecule has 1 aromatic carbocycles. The lowest BCUT2D eigenvalue weighted by atomic mass is 9.97. The number of amides is 2. The largest absolute Gasteiger partial charge is 0.451 e. The quantitative estimate of drug-likeness (QED) is 0.654. The molecule has 7 heteroatoms. The van der Waals surface area contributed by atoms with Gasteiger partial charge < -0.3 is 14.6 Å². The van der Waals surface area contributed by atoms with E-state index in [9.17, 15) is 9.59 Å². The number of nitrogens with zero attached hydrogens (tertiary/aromatic N) is 2. The van der Waals surface area contributed by atoms with Gasteiger partial charge in [-0.25, -0.2) is 4.98 Å². The summed E-state index contributed by atoms with van der Waals surface area (Å²) in [4.78, 5) is 31.6. The molecule has 2 amide bonds. The Morgan fingerprint density at radius 1 is 1.17 bits per heavy atom. The van der Waals surface area contributed by atoms with Crippen LogP contribution in [0.1, 0.15) is 29.0 Å². The van der Waals surface area contributed by atoms with Gasteiger partial charge in [0.1, 0.15) is 11.6 Å². The predicted molar refractivity (Wildman–Crippen MR) is 115 cm³/mol. The Bertz CT molecular complexity index is 1080. The minimum absolute atomic E-state index is 0.120. The molecule has 2 aromatic heterocycles. The third-order valence-electron chi connectivity index (χ3n) is 5.29. The molecule has 1 saturated heterocycles. The molecule has 0 radical (unpaired) electrons. The van der Waals surface area contributed by atoms with E-state index in [2.05, 4.69) is 10.3 Å². The molecule has 0 saturated carbocycles. The van der Waals surface area contributed by atoms with Crippen molar-refractivity contribution in [2.75, 3.05) is 18.4 Å². The Hall–Kier alpha value is -3.12. The average molecular weight is 424 g/mol. The van der Waals surface area contributed by atoms with Gasteiger partial charge in [-0.1, -0.05) is 29.8 Å². The zero-order chi connectivity index (χ0) is 21.1. The summed E-state index contributed by atoms with van der Waals surface area (Å²) in [5.74, 6) is 0.709. The van der Waals surface area contributed by atoms with Crippen LogP contribution in [0.2, 0.25) is 5.02 Å². The Labute approximate surface area is 179 Å². The molecule has 3 heterocycles. The highest BCUT2D eigenvalue weighted by molar-refractivity contribution is 6.33. The second kappa shape index (κ2) is 8.71. The highest BCUT2D eigenvalue weighted by Crippen LogP contribution is 2.30. The first-order chi connectivity index (χ1) is 14.5. The van der Waals surface area contributed by atoms with Gasteiger partial charge in [0.15, 0.2) is 5.76 Å². The summed E-state index contributed by atoms with van der Waals surface area (Å²) in [5, 5.41) is 3.45. The van der Waals surface area contributed by atoms with Crippen molar-refractivity contribution >= 4 is 29.2 Å². The van der Waals surface area contributed by atoms with Gasteiger partial charge in [0, 0.05) is 24.8 Å². The molecule has 0 unspecified atom stereocenters. The molecule has 0 spiro atoms. The van der Waals surface area contributed by atoms with Crippen LogP contribution in [0.5, 0.6) is 0 Å². The zero-order valence-corrected chi connectivity index (χ0v) is 17.4. The van der Waals surface area contributed by atoms with Crippen LogP contribution in [0, 0.1) is 12.8 Å². The Morgan fingerprint density at radius 2 is 2.00 bits per heavy atom. The van der Waals surface area contributed by atoms with Gasteiger partial charge >= 0.3 is 0 Å². The van der Waals surface area contributed by atoms with Crippen LogP contribution in [-0.4, -0.2) is 34.8 Å². The van der Waals surface area contributed by atoms with E-state index in [1.807, 2.05) is 37.3 Å². The lowest BCUT2D eigenvalue weighted by Gasteiger charge is -2.31. The zero-order valence-electron chi connectivity index (χ0n) is 16.6. The number of hydrogen-bond acceptors (Lipinski definition) is 4. The van der Waals surface area contributed by atoms with E-state index in [0.29, 0.717) is 29.7 Å². The summed E-state index contributed by atoms with van der Waals surface area (Å²) in [6.07, 6.45) is 3.13. The number of aromatic nitrogens is 1. The monoisotopic (exact) mass is 423 g/mol. The van der Waals surface area contributed by atoms with Crippen LogP contribution < -0.4 is 5.32 Å². The lowest BCUT2D eigenvalue weighted by molar-refractivity contribution is -0.121. The van der Waals surface area contributed by atoms with E-state index < -0.39 is 0 Å². The molecule has 1 aliphatic heterocycles. The summed E-state index contributed by atoms with van der Waals surface area (Å²) in [5.41, 5.74) is 1.64. The predicted octanol–water partition coefficient (Wildman–Crippen LogP) is 4.79. The number of carbonyl (C=O) groups excluding carboxylic acids is 2. The van der Waals surface area contributed by atoms with Crippen molar-refractivity contribution in [2.45, 2.75) is 19.8 Å². The number of benzene rings is 1. The van der Waals surface area contributed by atoms with Crippen molar-refractivity contribution in [3.8, 4) is 11.3 Å². The van der Waals surface area contributed by atoms with Crippen molar-refractivity contribution in [2.24, 2.45) is 5.92 Å². The molecule has 0 bridgehead atoms. The fourth-order valence-electron chi connectivity index (χ4n) is 3.63. The third-order valence-corrected chi connectivity index (χ3v) is 5.62.